The number of amides is 1. The lowest BCUT2D eigenvalue weighted by Crippen LogP contribution is -2.50. The first-order valence-corrected chi connectivity index (χ1v) is 7.19. The number of hydrogen-bond donors (Lipinski definition) is 1. The first-order valence-electron chi connectivity index (χ1n) is 7.19. The second kappa shape index (κ2) is 5.57. The third-order valence-corrected chi connectivity index (χ3v) is 4.66. The van der Waals surface area contributed by atoms with Gasteiger partial charge in [-0.25, -0.2) is 0 Å². The molecule has 2 heterocycles. The normalized spacial score (nSPS) is 31.1. The van der Waals surface area contributed by atoms with Crippen molar-refractivity contribution in [3.63, 3.8) is 0 Å². The van der Waals surface area contributed by atoms with Gasteiger partial charge in [0.2, 0.25) is 5.91 Å². The molecule has 0 saturated carbocycles. The monoisotopic (exact) mass is 253 g/mol. The average molecular weight is 253 g/mol. The van der Waals surface area contributed by atoms with Gasteiger partial charge in [-0.15, -0.1) is 0 Å². The smallest absolute Gasteiger partial charge is 0.236 e. The van der Waals surface area contributed by atoms with E-state index >= 15 is 0 Å². The summed E-state index contributed by atoms with van der Waals surface area (Å²) in [4.78, 5) is 16.4. The highest BCUT2D eigenvalue weighted by Gasteiger charge is 2.36. The maximum absolute atomic E-state index is 12.3. The number of rotatable bonds is 4. The third kappa shape index (κ3) is 3.04. The van der Waals surface area contributed by atoms with Gasteiger partial charge in [0.25, 0.3) is 0 Å². The Morgan fingerprint density at radius 3 is 2.28 bits per heavy atom. The summed E-state index contributed by atoms with van der Waals surface area (Å²) in [7, 11) is 3.99. The minimum absolute atomic E-state index is 0.262. The van der Waals surface area contributed by atoms with Crippen LogP contribution in [0.1, 0.15) is 39.5 Å². The second-order valence-corrected chi connectivity index (χ2v) is 6.28. The number of carbonyl (C=O) groups excluding carboxylic acids is 1. The number of fused-ring (bicyclic) bond motifs is 2. The van der Waals surface area contributed by atoms with E-state index in [1.807, 2.05) is 19.0 Å². The van der Waals surface area contributed by atoms with Crippen molar-refractivity contribution in [3.8, 4) is 0 Å². The van der Waals surface area contributed by atoms with E-state index in [0.717, 1.165) is 12.8 Å². The quantitative estimate of drug-likeness (QED) is 0.814. The molecule has 0 aromatic rings. The van der Waals surface area contributed by atoms with Gasteiger partial charge in [-0.2, -0.15) is 0 Å². The maximum atomic E-state index is 12.3. The van der Waals surface area contributed by atoms with Crippen molar-refractivity contribution in [1.29, 1.82) is 0 Å². The Hall–Kier alpha value is -0.610. The van der Waals surface area contributed by atoms with Crippen LogP contribution in [-0.4, -0.2) is 60.5 Å². The highest BCUT2D eigenvalue weighted by atomic mass is 16.2. The molecular formula is C14H27N3O. The number of hydrogen-bond acceptors (Lipinski definition) is 3. The van der Waals surface area contributed by atoms with E-state index in [1.165, 1.54) is 12.8 Å². The van der Waals surface area contributed by atoms with Crippen LogP contribution < -0.4 is 5.32 Å². The standard InChI is InChI=1S/C14H27N3O/c1-10(2)16(3)9-14(18)17(4)13-7-11-5-6-12(8-13)15-11/h10-13,15H,5-9H2,1-4H3. The Labute approximate surface area is 111 Å². The van der Waals surface area contributed by atoms with E-state index in [2.05, 4.69) is 24.1 Å². The Morgan fingerprint density at radius 2 is 1.78 bits per heavy atom. The summed E-state index contributed by atoms with van der Waals surface area (Å²) in [5.74, 6) is 0.262. The largest absolute Gasteiger partial charge is 0.342 e. The number of piperidine rings is 1. The molecule has 0 aromatic heterocycles. The minimum Gasteiger partial charge on any atom is -0.342 e. The summed E-state index contributed by atoms with van der Waals surface area (Å²) in [6.07, 6.45) is 4.83. The summed E-state index contributed by atoms with van der Waals surface area (Å²) < 4.78 is 0. The Bertz CT molecular complexity index is 293. The maximum Gasteiger partial charge on any atom is 0.236 e. The molecule has 0 spiro atoms. The van der Waals surface area contributed by atoms with E-state index in [4.69, 9.17) is 0 Å². The van der Waals surface area contributed by atoms with Crippen LogP contribution in [0.2, 0.25) is 0 Å². The zero-order chi connectivity index (χ0) is 13.3. The third-order valence-electron chi connectivity index (χ3n) is 4.66. The van der Waals surface area contributed by atoms with Crippen molar-refractivity contribution in [2.24, 2.45) is 0 Å². The zero-order valence-corrected chi connectivity index (χ0v) is 12.1. The van der Waals surface area contributed by atoms with Gasteiger partial charge in [-0.3, -0.25) is 9.69 Å². The molecule has 2 atom stereocenters. The van der Waals surface area contributed by atoms with E-state index in [9.17, 15) is 4.79 Å². The molecule has 104 valence electrons. The van der Waals surface area contributed by atoms with Crippen LogP contribution in [-0.2, 0) is 4.79 Å². The molecule has 2 bridgehead atoms. The number of likely N-dealkylation sites (N-methyl/N-ethyl adjacent to an activating group) is 2. The summed E-state index contributed by atoms with van der Waals surface area (Å²) in [6, 6.07) is 2.15. The van der Waals surface area contributed by atoms with E-state index in [-0.39, 0.29) is 5.91 Å². The van der Waals surface area contributed by atoms with Gasteiger partial charge in [0.05, 0.1) is 6.54 Å². The van der Waals surface area contributed by atoms with Gasteiger partial charge in [-0.05, 0) is 46.6 Å². The number of carbonyl (C=O) groups is 1. The van der Waals surface area contributed by atoms with Gasteiger partial charge in [0, 0.05) is 31.2 Å². The molecule has 2 aliphatic heterocycles. The summed E-state index contributed by atoms with van der Waals surface area (Å²) >= 11 is 0. The average Bonchev–Trinajstić information content (AvgIpc) is 2.66. The number of nitrogens with zero attached hydrogens (tertiary/aromatic N) is 2. The minimum atomic E-state index is 0.262. The molecule has 0 aliphatic carbocycles. The first kappa shape index (κ1) is 13.8. The summed E-state index contributed by atoms with van der Waals surface area (Å²) in [6.45, 7) is 4.78. The lowest BCUT2D eigenvalue weighted by Gasteiger charge is -2.36. The molecule has 18 heavy (non-hydrogen) atoms. The fraction of sp³-hybridized carbons (Fsp3) is 0.929. The first-order chi connectivity index (χ1) is 8.47. The van der Waals surface area contributed by atoms with Crippen molar-refractivity contribution in [3.05, 3.63) is 0 Å². The molecule has 4 heteroatoms. The summed E-state index contributed by atoms with van der Waals surface area (Å²) in [5.41, 5.74) is 0. The van der Waals surface area contributed by atoms with Crippen LogP contribution in [0.25, 0.3) is 0 Å². The van der Waals surface area contributed by atoms with Crippen LogP contribution in [0.15, 0.2) is 0 Å². The van der Waals surface area contributed by atoms with Gasteiger partial charge in [-0.1, -0.05) is 0 Å². The Balaban J connectivity index is 1.87. The molecule has 0 radical (unpaired) electrons. The van der Waals surface area contributed by atoms with Crippen molar-refractivity contribution in [1.82, 2.24) is 15.1 Å². The highest BCUT2D eigenvalue weighted by molar-refractivity contribution is 5.78. The molecule has 2 rings (SSSR count). The molecule has 1 N–H and O–H groups in total. The fourth-order valence-electron chi connectivity index (χ4n) is 3.05. The van der Waals surface area contributed by atoms with Crippen LogP contribution in [0.5, 0.6) is 0 Å². The van der Waals surface area contributed by atoms with Gasteiger partial charge in [0.15, 0.2) is 0 Å². The van der Waals surface area contributed by atoms with Crippen LogP contribution in [0, 0.1) is 0 Å². The van der Waals surface area contributed by atoms with Crippen molar-refractivity contribution < 1.29 is 4.79 Å². The predicted octanol–water partition coefficient (Wildman–Crippen LogP) is 1.07. The van der Waals surface area contributed by atoms with E-state index in [0.29, 0.717) is 30.7 Å². The fourth-order valence-corrected chi connectivity index (χ4v) is 3.05. The molecule has 4 nitrogen and oxygen atoms in total. The topological polar surface area (TPSA) is 35.6 Å². The SMILES string of the molecule is CC(C)N(C)CC(=O)N(C)C1CC2CCC(C1)N2. The predicted molar refractivity (Wildman–Crippen MR) is 73.5 cm³/mol. The molecular weight excluding hydrogens is 226 g/mol. The van der Waals surface area contributed by atoms with E-state index < -0.39 is 0 Å². The Morgan fingerprint density at radius 1 is 1.22 bits per heavy atom. The highest BCUT2D eigenvalue weighted by Crippen LogP contribution is 2.29. The lowest BCUT2D eigenvalue weighted by atomic mass is 9.98. The lowest BCUT2D eigenvalue weighted by molar-refractivity contribution is -0.134. The molecule has 2 saturated heterocycles. The van der Waals surface area contributed by atoms with Gasteiger partial charge >= 0.3 is 0 Å². The van der Waals surface area contributed by atoms with E-state index in [1.54, 1.807) is 0 Å². The van der Waals surface area contributed by atoms with Crippen LogP contribution in [0.4, 0.5) is 0 Å². The number of nitrogens with one attached hydrogen (secondary N) is 1. The van der Waals surface area contributed by atoms with Gasteiger partial charge < -0.3 is 10.2 Å². The molecule has 1 amide bonds. The van der Waals surface area contributed by atoms with Crippen LogP contribution in [0.3, 0.4) is 0 Å². The van der Waals surface area contributed by atoms with Crippen molar-refractivity contribution in [2.75, 3.05) is 20.6 Å². The van der Waals surface area contributed by atoms with Crippen molar-refractivity contribution in [2.45, 2.75) is 63.7 Å². The van der Waals surface area contributed by atoms with Gasteiger partial charge in [0.1, 0.15) is 0 Å². The molecule has 2 fully saturated rings. The molecule has 0 aromatic carbocycles. The molecule has 2 unspecified atom stereocenters. The zero-order valence-electron chi connectivity index (χ0n) is 12.1. The summed E-state index contributed by atoms with van der Waals surface area (Å²) in [5, 5.41) is 3.62. The second-order valence-electron chi connectivity index (χ2n) is 6.28. The molecule has 2 aliphatic rings. The van der Waals surface area contributed by atoms with Crippen LogP contribution >= 0.6 is 0 Å². The van der Waals surface area contributed by atoms with Crippen molar-refractivity contribution >= 4 is 5.91 Å². The Kier molecular flexibility index (Phi) is 4.28.